The summed E-state index contributed by atoms with van der Waals surface area (Å²) in [5.41, 5.74) is 2.73. The molecule has 0 bridgehead atoms. The predicted molar refractivity (Wildman–Crippen MR) is 144 cm³/mol. The van der Waals surface area contributed by atoms with Gasteiger partial charge in [0.2, 0.25) is 0 Å². The van der Waals surface area contributed by atoms with Crippen LogP contribution in [0.3, 0.4) is 0 Å². The molecule has 2 aromatic carbocycles. The van der Waals surface area contributed by atoms with E-state index in [0.717, 1.165) is 18.4 Å². The fourth-order valence-electron chi connectivity index (χ4n) is 3.71. The van der Waals surface area contributed by atoms with E-state index in [1.807, 2.05) is 24.3 Å². The maximum absolute atomic E-state index is 12.4. The Bertz CT molecular complexity index is 1020. The number of nitrogens with zero attached hydrogens (tertiary/aromatic N) is 3. The van der Waals surface area contributed by atoms with Crippen LogP contribution in [0.15, 0.2) is 53.5 Å². The van der Waals surface area contributed by atoms with Crippen LogP contribution in [0.4, 0.5) is 0 Å². The van der Waals surface area contributed by atoms with Crippen LogP contribution >= 0.6 is 24.0 Å². The van der Waals surface area contributed by atoms with Crippen LogP contribution in [0.2, 0.25) is 0 Å². The number of carbonyl (C=O) groups is 3. The Morgan fingerprint density at radius 3 is 2.21 bits per heavy atom. The van der Waals surface area contributed by atoms with Crippen molar-refractivity contribution in [3.8, 4) is 0 Å². The van der Waals surface area contributed by atoms with Gasteiger partial charge in [-0.15, -0.1) is 24.0 Å². The van der Waals surface area contributed by atoms with E-state index in [9.17, 15) is 14.4 Å². The molecule has 8 nitrogen and oxygen atoms in total. The second-order valence-electron chi connectivity index (χ2n) is 8.09. The quantitative estimate of drug-likeness (QED) is 0.157. The van der Waals surface area contributed by atoms with Crippen molar-refractivity contribution in [3.63, 3.8) is 0 Å². The molecule has 0 saturated carbocycles. The number of guanidine groups is 1. The second kappa shape index (κ2) is 13.1. The van der Waals surface area contributed by atoms with E-state index in [4.69, 9.17) is 0 Å². The lowest BCUT2D eigenvalue weighted by Gasteiger charge is -2.15. The van der Waals surface area contributed by atoms with Gasteiger partial charge >= 0.3 is 0 Å². The van der Waals surface area contributed by atoms with Crippen LogP contribution in [-0.4, -0.2) is 74.3 Å². The van der Waals surface area contributed by atoms with E-state index in [1.165, 1.54) is 4.90 Å². The third-order valence-electron chi connectivity index (χ3n) is 5.49. The second-order valence-corrected chi connectivity index (χ2v) is 8.09. The van der Waals surface area contributed by atoms with Crippen LogP contribution in [0.1, 0.15) is 49.5 Å². The fraction of sp³-hybridized carbons (Fsp3) is 0.360. The number of nitrogens with one attached hydrogen (secondary N) is 2. The summed E-state index contributed by atoms with van der Waals surface area (Å²) >= 11 is 0. The molecule has 2 N–H and O–H groups in total. The number of benzene rings is 2. The number of halogens is 1. The molecule has 0 spiro atoms. The highest BCUT2D eigenvalue weighted by Gasteiger charge is 2.34. The number of aliphatic imine (C=N–C) groups is 1. The minimum atomic E-state index is -0.211. The highest BCUT2D eigenvalue weighted by atomic mass is 127. The summed E-state index contributed by atoms with van der Waals surface area (Å²) in [6, 6.07) is 14.6. The van der Waals surface area contributed by atoms with Crippen molar-refractivity contribution in [2.45, 2.75) is 19.3 Å². The largest absolute Gasteiger partial charge is 0.356 e. The van der Waals surface area contributed by atoms with Gasteiger partial charge in [0.05, 0.1) is 11.1 Å². The van der Waals surface area contributed by atoms with Gasteiger partial charge in [-0.05, 0) is 49.1 Å². The van der Waals surface area contributed by atoms with Gasteiger partial charge in [0.15, 0.2) is 5.96 Å². The first-order valence-corrected chi connectivity index (χ1v) is 11.1. The van der Waals surface area contributed by atoms with Crippen molar-refractivity contribution < 1.29 is 14.4 Å². The topological polar surface area (TPSA) is 94.1 Å². The van der Waals surface area contributed by atoms with Crippen LogP contribution in [0, 0.1) is 0 Å². The number of imide groups is 1. The lowest BCUT2D eigenvalue weighted by Crippen LogP contribution is -2.39. The van der Waals surface area contributed by atoms with Gasteiger partial charge in [-0.2, -0.15) is 0 Å². The van der Waals surface area contributed by atoms with E-state index in [2.05, 4.69) is 15.6 Å². The minimum Gasteiger partial charge on any atom is -0.356 e. The van der Waals surface area contributed by atoms with Crippen molar-refractivity contribution in [1.82, 2.24) is 20.4 Å². The van der Waals surface area contributed by atoms with Crippen molar-refractivity contribution in [2.75, 3.05) is 40.8 Å². The van der Waals surface area contributed by atoms with Gasteiger partial charge in [-0.3, -0.25) is 24.3 Å². The third-order valence-corrected chi connectivity index (χ3v) is 5.49. The molecule has 9 heteroatoms. The molecule has 1 aliphatic rings. The molecule has 182 valence electrons. The highest BCUT2D eigenvalue weighted by Crippen LogP contribution is 2.22. The standard InChI is InChI=1S/C25H31N5O3.HI/c1-26-25(28-15-13-18-9-8-10-19(17-18)22(31)29(2)3)27-14-6-7-16-30-23(32)20-11-4-5-12-21(20)24(30)33;/h4-5,8-12,17H,6-7,13-16H2,1-3H3,(H2,26,27,28);1H. The summed E-state index contributed by atoms with van der Waals surface area (Å²) < 4.78 is 0. The molecule has 0 aromatic heterocycles. The number of amides is 3. The molecular weight excluding hydrogens is 545 g/mol. The molecule has 0 atom stereocenters. The summed E-state index contributed by atoms with van der Waals surface area (Å²) in [6.07, 6.45) is 2.26. The zero-order chi connectivity index (χ0) is 23.8. The summed E-state index contributed by atoms with van der Waals surface area (Å²) in [7, 11) is 5.20. The van der Waals surface area contributed by atoms with Gasteiger partial charge in [0.1, 0.15) is 0 Å². The SMILES string of the molecule is CN=C(NCCCCN1C(=O)c2ccccc2C1=O)NCCc1cccc(C(=O)N(C)C)c1.I. The Balaban J connectivity index is 0.00000408. The Kier molecular flexibility index (Phi) is 10.5. The summed E-state index contributed by atoms with van der Waals surface area (Å²) in [5, 5.41) is 6.53. The van der Waals surface area contributed by atoms with Crippen LogP contribution in [-0.2, 0) is 6.42 Å². The predicted octanol–water partition coefficient (Wildman–Crippen LogP) is 2.79. The van der Waals surface area contributed by atoms with Crippen molar-refractivity contribution in [2.24, 2.45) is 4.99 Å². The molecule has 0 aliphatic carbocycles. The Morgan fingerprint density at radius 2 is 1.59 bits per heavy atom. The maximum atomic E-state index is 12.4. The van der Waals surface area contributed by atoms with Crippen molar-refractivity contribution >= 4 is 47.7 Å². The van der Waals surface area contributed by atoms with Gasteiger partial charge in [0.25, 0.3) is 17.7 Å². The Hall–Kier alpha value is -2.95. The van der Waals surface area contributed by atoms with E-state index in [0.29, 0.717) is 48.7 Å². The van der Waals surface area contributed by atoms with Gasteiger partial charge < -0.3 is 15.5 Å². The minimum absolute atomic E-state index is 0. The van der Waals surface area contributed by atoms with E-state index in [1.54, 1.807) is 50.3 Å². The molecule has 0 fully saturated rings. The molecule has 34 heavy (non-hydrogen) atoms. The molecule has 2 aromatic rings. The first-order valence-electron chi connectivity index (χ1n) is 11.1. The van der Waals surface area contributed by atoms with Crippen LogP contribution in [0.5, 0.6) is 0 Å². The maximum Gasteiger partial charge on any atom is 0.261 e. The Morgan fingerprint density at radius 1 is 0.941 bits per heavy atom. The molecule has 3 amide bonds. The average Bonchev–Trinajstić information content (AvgIpc) is 3.07. The van der Waals surface area contributed by atoms with Gasteiger partial charge in [-0.25, -0.2) is 0 Å². The summed E-state index contributed by atoms with van der Waals surface area (Å²) in [6.45, 7) is 1.76. The van der Waals surface area contributed by atoms with Gasteiger partial charge in [-0.1, -0.05) is 24.3 Å². The van der Waals surface area contributed by atoms with Crippen molar-refractivity contribution in [3.05, 3.63) is 70.8 Å². The van der Waals surface area contributed by atoms with Crippen molar-refractivity contribution in [1.29, 1.82) is 0 Å². The number of rotatable bonds is 9. The molecule has 3 rings (SSSR count). The molecule has 1 aliphatic heterocycles. The first-order chi connectivity index (χ1) is 15.9. The molecule has 0 saturated heterocycles. The van der Waals surface area contributed by atoms with Crippen LogP contribution < -0.4 is 10.6 Å². The number of carbonyl (C=O) groups excluding carboxylic acids is 3. The zero-order valence-electron chi connectivity index (χ0n) is 19.8. The number of hydrogen-bond acceptors (Lipinski definition) is 4. The zero-order valence-corrected chi connectivity index (χ0v) is 22.2. The fourth-order valence-corrected chi connectivity index (χ4v) is 3.71. The number of hydrogen-bond donors (Lipinski definition) is 2. The number of fused-ring (bicyclic) bond motifs is 1. The summed E-state index contributed by atoms with van der Waals surface area (Å²) in [4.78, 5) is 44.0. The average molecular weight is 577 g/mol. The van der Waals surface area contributed by atoms with Gasteiger partial charge in [0, 0.05) is 46.3 Å². The van der Waals surface area contributed by atoms with E-state index < -0.39 is 0 Å². The normalized spacial score (nSPS) is 12.8. The molecule has 0 unspecified atom stereocenters. The third kappa shape index (κ3) is 6.78. The monoisotopic (exact) mass is 577 g/mol. The summed E-state index contributed by atoms with van der Waals surface area (Å²) in [5.74, 6) is 0.259. The van der Waals surface area contributed by atoms with Crippen LogP contribution in [0.25, 0.3) is 0 Å². The number of unbranched alkanes of at least 4 members (excludes halogenated alkanes) is 1. The lowest BCUT2D eigenvalue weighted by atomic mass is 10.1. The molecular formula is C25H32IN5O3. The van der Waals surface area contributed by atoms with E-state index >= 15 is 0 Å². The first kappa shape index (κ1) is 27.3. The molecule has 0 radical (unpaired) electrons. The van der Waals surface area contributed by atoms with E-state index in [-0.39, 0.29) is 41.7 Å². The Labute approximate surface area is 217 Å². The smallest absolute Gasteiger partial charge is 0.261 e. The lowest BCUT2D eigenvalue weighted by molar-refractivity contribution is 0.0651. The molecule has 1 heterocycles. The highest BCUT2D eigenvalue weighted by molar-refractivity contribution is 14.0.